The van der Waals surface area contributed by atoms with Crippen molar-refractivity contribution in [3.05, 3.63) is 0 Å². The Morgan fingerprint density at radius 3 is 1.29 bits per heavy atom. The zero-order valence-electron chi connectivity index (χ0n) is 15.1. The van der Waals surface area contributed by atoms with Gasteiger partial charge in [-0.1, -0.05) is 27.7 Å². The Bertz CT molecular complexity index is 328. The average molecular weight is 298 g/mol. The first-order valence-electron chi connectivity index (χ1n) is 7.79. The molecule has 21 heavy (non-hydrogen) atoms. The van der Waals surface area contributed by atoms with Gasteiger partial charge in [0.05, 0.1) is 12.1 Å². The van der Waals surface area contributed by atoms with Crippen LogP contribution in [-0.4, -0.2) is 37.7 Å². The molecule has 0 radical (unpaired) electrons. The highest BCUT2D eigenvalue weighted by molar-refractivity contribution is 5.81. The fourth-order valence-corrected chi connectivity index (χ4v) is 3.44. The van der Waals surface area contributed by atoms with E-state index in [9.17, 15) is 9.59 Å². The summed E-state index contributed by atoms with van der Waals surface area (Å²) in [5, 5.41) is 6.20. The SMILES string of the molecule is CNC(CC(C)(C)CC(C)(C)CC(NC)C(C)=O)C(C)=O. The summed E-state index contributed by atoms with van der Waals surface area (Å²) in [7, 11) is 3.67. The van der Waals surface area contributed by atoms with Crippen molar-refractivity contribution in [3.63, 3.8) is 0 Å². The van der Waals surface area contributed by atoms with Crippen molar-refractivity contribution < 1.29 is 9.59 Å². The van der Waals surface area contributed by atoms with E-state index >= 15 is 0 Å². The molecular formula is C17H34N2O2. The largest absolute Gasteiger partial charge is 0.311 e. The standard InChI is InChI=1S/C17H34N2O2/c1-12(20)14(18-7)9-16(3,4)11-17(5,6)10-15(19-8)13(2)21/h14-15,18-19H,9-11H2,1-8H3. The van der Waals surface area contributed by atoms with E-state index in [0.29, 0.717) is 0 Å². The van der Waals surface area contributed by atoms with Gasteiger partial charge in [0.15, 0.2) is 0 Å². The van der Waals surface area contributed by atoms with Crippen LogP contribution in [0.15, 0.2) is 0 Å². The Morgan fingerprint density at radius 2 is 1.10 bits per heavy atom. The zero-order valence-corrected chi connectivity index (χ0v) is 15.1. The van der Waals surface area contributed by atoms with Crippen molar-refractivity contribution in [2.75, 3.05) is 14.1 Å². The highest BCUT2D eigenvalue weighted by Gasteiger charge is 2.33. The van der Waals surface area contributed by atoms with Crippen LogP contribution >= 0.6 is 0 Å². The molecule has 0 fully saturated rings. The topological polar surface area (TPSA) is 58.2 Å². The minimum absolute atomic E-state index is 0.0396. The fourth-order valence-electron chi connectivity index (χ4n) is 3.44. The predicted molar refractivity (Wildman–Crippen MR) is 88.5 cm³/mol. The number of carbonyl (C=O) groups is 2. The second-order valence-corrected chi connectivity index (χ2v) is 7.82. The Morgan fingerprint density at radius 1 is 0.810 bits per heavy atom. The molecule has 0 saturated carbocycles. The third kappa shape index (κ3) is 7.72. The van der Waals surface area contributed by atoms with Gasteiger partial charge in [-0.25, -0.2) is 0 Å². The Hall–Kier alpha value is -0.740. The van der Waals surface area contributed by atoms with Crippen LogP contribution in [0.5, 0.6) is 0 Å². The molecule has 0 rings (SSSR count). The first-order chi connectivity index (χ1) is 9.44. The van der Waals surface area contributed by atoms with Gasteiger partial charge >= 0.3 is 0 Å². The van der Waals surface area contributed by atoms with Crippen molar-refractivity contribution in [2.24, 2.45) is 10.8 Å². The molecule has 0 aromatic carbocycles. The van der Waals surface area contributed by atoms with Crippen LogP contribution in [-0.2, 0) is 9.59 Å². The third-order valence-corrected chi connectivity index (χ3v) is 4.15. The molecule has 0 saturated heterocycles. The lowest BCUT2D eigenvalue weighted by atomic mass is 9.69. The van der Waals surface area contributed by atoms with Gasteiger partial charge in [0, 0.05) is 0 Å². The molecule has 2 unspecified atom stereocenters. The van der Waals surface area contributed by atoms with Crippen molar-refractivity contribution >= 4 is 11.6 Å². The summed E-state index contributed by atoms with van der Waals surface area (Å²) in [4.78, 5) is 23.2. The van der Waals surface area contributed by atoms with Crippen LogP contribution < -0.4 is 10.6 Å². The minimum Gasteiger partial charge on any atom is -0.311 e. The Kier molecular flexibility index (Phi) is 7.76. The molecule has 2 N–H and O–H groups in total. The van der Waals surface area contributed by atoms with E-state index in [1.165, 1.54) is 0 Å². The minimum atomic E-state index is -0.0938. The summed E-state index contributed by atoms with van der Waals surface area (Å²) in [5.74, 6) is 0.362. The van der Waals surface area contributed by atoms with E-state index in [0.717, 1.165) is 19.3 Å². The first-order valence-corrected chi connectivity index (χ1v) is 7.79. The lowest BCUT2D eigenvalue weighted by Gasteiger charge is -2.38. The number of hydrogen-bond donors (Lipinski definition) is 2. The zero-order chi connectivity index (χ0) is 16.8. The van der Waals surface area contributed by atoms with Gasteiger partial charge in [0.25, 0.3) is 0 Å². The van der Waals surface area contributed by atoms with Crippen LogP contribution in [0.2, 0.25) is 0 Å². The smallest absolute Gasteiger partial charge is 0.146 e. The molecule has 0 aromatic heterocycles. The molecule has 124 valence electrons. The average Bonchev–Trinajstić information content (AvgIpc) is 2.31. The molecule has 0 heterocycles. The van der Waals surface area contributed by atoms with Gasteiger partial charge < -0.3 is 10.6 Å². The molecule has 0 aliphatic rings. The third-order valence-electron chi connectivity index (χ3n) is 4.15. The van der Waals surface area contributed by atoms with Crippen molar-refractivity contribution in [1.82, 2.24) is 10.6 Å². The number of Topliss-reactive ketones (excluding diaryl/α,β-unsaturated/α-hetero) is 2. The fraction of sp³-hybridized carbons (Fsp3) is 0.882. The molecular weight excluding hydrogens is 264 g/mol. The Labute approximate surface area is 130 Å². The van der Waals surface area contributed by atoms with Crippen LogP contribution in [0.4, 0.5) is 0 Å². The predicted octanol–water partition coefficient (Wildman–Crippen LogP) is 2.56. The summed E-state index contributed by atoms with van der Waals surface area (Å²) < 4.78 is 0. The van der Waals surface area contributed by atoms with E-state index in [-0.39, 0.29) is 34.5 Å². The molecule has 4 nitrogen and oxygen atoms in total. The maximum Gasteiger partial charge on any atom is 0.146 e. The van der Waals surface area contributed by atoms with Gasteiger partial charge in [-0.15, -0.1) is 0 Å². The number of carbonyl (C=O) groups excluding carboxylic acids is 2. The molecule has 0 bridgehead atoms. The summed E-state index contributed by atoms with van der Waals surface area (Å²) in [6.45, 7) is 12.1. The van der Waals surface area contributed by atoms with Gasteiger partial charge in [-0.3, -0.25) is 9.59 Å². The molecule has 2 atom stereocenters. The molecule has 0 aliphatic heterocycles. The Balaban J connectivity index is 4.81. The molecule has 4 heteroatoms. The van der Waals surface area contributed by atoms with Crippen LogP contribution in [0.1, 0.15) is 60.8 Å². The normalized spacial score (nSPS) is 15.6. The molecule has 0 spiro atoms. The molecule has 0 aliphatic carbocycles. The van der Waals surface area contributed by atoms with Crippen molar-refractivity contribution in [2.45, 2.75) is 72.9 Å². The van der Waals surface area contributed by atoms with E-state index in [1.807, 2.05) is 14.1 Å². The quantitative estimate of drug-likeness (QED) is 0.651. The summed E-state index contributed by atoms with van der Waals surface area (Å²) in [6, 6.07) is -0.188. The number of hydrogen-bond acceptors (Lipinski definition) is 4. The van der Waals surface area contributed by atoms with E-state index < -0.39 is 0 Å². The number of rotatable bonds is 10. The van der Waals surface area contributed by atoms with Gasteiger partial charge in [-0.2, -0.15) is 0 Å². The van der Waals surface area contributed by atoms with Crippen LogP contribution in [0, 0.1) is 10.8 Å². The van der Waals surface area contributed by atoms with Crippen LogP contribution in [0.25, 0.3) is 0 Å². The van der Waals surface area contributed by atoms with Crippen molar-refractivity contribution in [1.29, 1.82) is 0 Å². The highest BCUT2D eigenvalue weighted by atomic mass is 16.1. The van der Waals surface area contributed by atoms with Gasteiger partial charge in [0.1, 0.15) is 11.6 Å². The second-order valence-electron chi connectivity index (χ2n) is 7.82. The van der Waals surface area contributed by atoms with E-state index in [1.54, 1.807) is 13.8 Å². The summed E-state index contributed by atoms with van der Waals surface area (Å²) >= 11 is 0. The van der Waals surface area contributed by atoms with Crippen LogP contribution in [0.3, 0.4) is 0 Å². The lowest BCUT2D eigenvalue weighted by molar-refractivity contribution is -0.120. The number of likely N-dealkylation sites (N-methyl/N-ethyl adjacent to an activating group) is 2. The first kappa shape index (κ1) is 20.3. The summed E-state index contributed by atoms with van der Waals surface area (Å²) in [5.41, 5.74) is 0.0792. The van der Waals surface area contributed by atoms with Gasteiger partial charge in [0.2, 0.25) is 0 Å². The van der Waals surface area contributed by atoms with Crippen molar-refractivity contribution in [3.8, 4) is 0 Å². The van der Waals surface area contributed by atoms with E-state index in [2.05, 4.69) is 38.3 Å². The molecule has 0 amide bonds. The lowest BCUT2D eigenvalue weighted by Crippen LogP contribution is -2.41. The number of ketones is 2. The maximum atomic E-state index is 11.6. The second kappa shape index (κ2) is 8.04. The molecule has 0 aromatic rings. The van der Waals surface area contributed by atoms with Gasteiger partial charge in [-0.05, 0) is 58.0 Å². The maximum absolute atomic E-state index is 11.6. The highest BCUT2D eigenvalue weighted by Crippen LogP contribution is 2.39. The number of nitrogens with one attached hydrogen (secondary N) is 2. The van der Waals surface area contributed by atoms with E-state index in [4.69, 9.17) is 0 Å². The summed E-state index contributed by atoms with van der Waals surface area (Å²) in [6.07, 6.45) is 2.59. The monoisotopic (exact) mass is 298 g/mol.